The van der Waals surface area contributed by atoms with Gasteiger partial charge in [-0.15, -0.1) is 0 Å². The normalized spacial score (nSPS) is 23.9. The number of fused-ring (bicyclic) bond motifs is 4. The molecule has 0 saturated carbocycles. The van der Waals surface area contributed by atoms with Gasteiger partial charge in [-0.1, -0.05) is 18.2 Å². The monoisotopic (exact) mass is 381 g/mol. The topological polar surface area (TPSA) is 70.2 Å². The summed E-state index contributed by atoms with van der Waals surface area (Å²) in [6, 6.07) is 7.46. The van der Waals surface area contributed by atoms with Crippen LogP contribution in [0.15, 0.2) is 24.3 Å². The number of para-hydroxylation sites is 1. The first-order chi connectivity index (χ1) is 12.3. The fourth-order valence-corrected chi connectivity index (χ4v) is 5.10. The van der Waals surface area contributed by atoms with Gasteiger partial charge in [-0.2, -0.15) is 17.0 Å². The predicted molar refractivity (Wildman–Crippen MR) is 99.1 cm³/mol. The summed E-state index contributed by atoms with van der Waals surface area (Å²) in [4.78, 5) is 14.8. The fraction of sp³-hybridized carbons (Fsp3) is 0.611. The first kappa shape index (κ1) is 19.1. The van der Waals surface area contributed by atoms with Crippen molar-refractivity contribution in [3.8, 4) is 5.75 Å². The lowest BCUT2D eigenvalue weighted by Gasteiger charge is -2.36. The molecule has 144 valence electrons. The van der Waals surface area contributed by atoms with E-state index < -0.39 is 10.2 Å². The Hall–Kier alpha value is -1.64. The Morgan fingerprint density at radius 3 is 2.62 bits per heavy atom. The van der Waals surface area contributed by atoms with Crippen LogP contribution in [0, 0.1) is 5.92 Å². The molecule has 1 aromatic rings. The van der Waals surface area contributed by atoms with Gasteiger partial charge in [0, 0.05) is 45.3 Å². The van der Waals surface area contributed by atoms with Crippen molar-refractivity contribution in [2.24, 2.45) is 5.92 Å². The van der Waals surface area contributed by atoms with Crippen LogP contribution >= 0.6 is 0 Å². The number of hydrogen-bond donors (Lipinski definition) is 0. The van der Waals surface area contributed by atoms with E-state index in [2.05, 4.69) is 0 Å². The molecule has 3 aliphatic rings. The molecule has 2 bridgehead atoms. The van der Waals surface area contributed by atoms with Gasteiger partial charge in [-0.25, -0.2) is 0 Å². The molecular formula is C18H27N3O4S. The molecular weight excluding hydrogens is 354 g/mol. The van der Waals surface area contributed by atoms with Crippen molar-refractivity contribution in [1.29, 1.82) is 0 Å². The number of benzene rings is 1. The third-order valence-electron chi connectivity index (χ3n) is 5.32. The molecule has 3 fully saturated rings. The summed E-state index contributed by atoms with van der Waals surface area (Å²) in [6.45, 7) is 1.47. The molecule has 1 amide bonds. The van der Waals surface area contributed by atoms with E-state index in [1.54, 1.807) is 21.2 Å². The Bertz CT molecular complexity index is 765. The standard InChI is InChI=1S/C18H27N3O4S/c1-19(2)26(23,24)20-11-14-8-9-16(13-20)21(12-14)18(22)10-15-6-4-5-7-17(15)25-3/h4-7,14,16H,8-13H2,1-3H3/t14-,16+/m1/s1. The second kappa shape index (κ2) is 7.54. The van der Waals surface area contributed by atoms with Crippen LogP contribution in [0.25, 0.3) is 0 Å². The highest BCUT2D eigenvalue weighted by molar-refractivity contribution is 7.86. The number of piperidine rings is 1. The molecule has 0 radical (unpaired) electrons. The highest BCUT2D eigenvalue weighted by Crippen LogP contribution is 2.30. The number of methoxy groups -OCH3 is 1. The summed E-state index contributed by atoms with van der Waals surface area (Å²) in [6.07, 6.45) is 2.08. The van der Waals surface area contributed by atoms with E-state index in [1.165, 1.54) is 8.61 Å². The average Bonchev–Trinajstić information content (AvgIpc) is 2.94. The summed E-state index contributed by atoms with van der Waals surface area (Å²) in [7, 11) is 1.24. The van der Waals surface area contributed by atoms with Crippen LogP contribution in [0.4, 0.5) is 0 Å². The molecule has 4 rings (SSSR count). The van der Waals surface area contributed by atoms with Gasteiger partial charge in [0.25, 0.3) is 10.2 Å². The van der Waals surface area contributed by atoms with Gasteiger partial charge in [-0.05, 0) is 24.8 Å². The predicted octanol–water partition coefficient (Wildman–Crippen LogP) is 0.967. The van der Waals surface area contributed by atoms with E-state index >= 15 is 0 Å². The van der Waals surface area contributed by atoms with Crippen molar-refractivity contribution in [1.82, 2.24) is 13.5 Å². The molecule has 7 nitrogen and oxygen atoms in total. The minimum Gasteiger partial charge on any atom is -0.496 e. The Balaban J connectivity index is 1.77. The van der Waals surface area contributed by atoms with E-state index in [0.717, 1.165) is 18.4 Å². The van der Waals surface area contributed by atoms with Gasteiger partial charge >= 0.3 is 0 Å². The maximum absolute atomic E-state index is 13.0. The number of carbonyl (C=O) groups excluding carboxylic acids is 1. The van der Waals surface area contributed by atoms with Crippen LogP contribution in [0.3, 0.4) is 0 Å². The van der Waals surface area contributed by atoms with Crippen LogP contribution < -0.4 is 4.74 Å². The van der Waals surface area contributed by atoms with Crippen molar-refractivity contribution < 1.29 is 17.9 Å². The van der Waals surface area contributed by atoms with Crippen LogP contribution in [0.5, 0.6) is 5.75 Å². The third kappa shape index (κ3) is 3.72. The fourth-order valence-electron chi connectivity index (χ4n) is 3.88. The molecule has 3 heterocycles. The molecule has 1 aromatic carbocycles. The van der Waals surface area contributed by atoms with Gasteiger partial charge in [0.1, 0.15) is 5.75 Å². The van der Waals surface area contributed by atoms with Gasteiger partial charge in [0.2, 0.25) is 5.91 Å². The molecule has 0 unspecified atom stereocenters. The highest BCUT2D eigenvalue weighted by atomic mass is 32.2. The summed E-state index contributed by atoms with van der Waals surface area (Å²) in [5, 5.41) is 0. The minimum atomic E-state index is -3.46. The SMILES string of the molecule is COc1ccccc1CC(=O)N1C[C@@H]2CC[C@H]1CN(S(=O)(=O)N(C)C)C2. The lowest BCUT2D eigenvalue weighted by Crippen LogP contribution is -2.49. The summed E-state index contributed by atoms with van der Waals surface area (Å²) >= 11 is 0. The van der Waals surface area contributed by atoms with E-state index in [1.807, 2.05) is 29.2 Å². The average molecular weight is 381 g/mol. The molecule has 0 N–H and O–H groups in total. The third-order valence-corrected chi connectivity index (χ3v) is 7.20. The van der Waals surface area contributed by atoms with Crippen molar-refractivity contribution in [2.45, 2.75) is 25.3 Å². The zero-order valence-electron chi connectivity index (χ0n) is 15.6. The first-order valence-corrected chi connectivity index (χ1v) is 10.3. The molecule has 3 saturated heterocycles. The number of nitrogens with zero attached hydrogens (tertiary/aromatic N) is 3. The molecule has 3 aliphatic heterocycles. The Morgan fingerprint density at radius 2 is 1.92 bits per heavy atom. The van der Waals surface area contributed by atoms with Gasteiger partial charge in [0.15, 0.2) is 0 Å². The summed E-state index contributed by atoms with van der Waals surface area (Å²) in [5.74, 6) is 0.927. The maximum atomic E-state index is 13.0. The van der Waals surface area contributed by atoms with Crippen LogP contribution in [-0.2, 0) is 21.4 Å². The molecule has 0 spiro atoms. The molecule has 26 heavy (non-hydrogen) atoms. The Kier molecular flexibility index (Phi) is 5.55. The number of amides is 1. The van der Waals surface area contributed by atoms with Gasteiger partial charge in [-0.3, -0.25) is 4.79 Å². The lowest BCUT2D eigenvalue weighted by molar-refractivity contribution is -0.134. The van der Waals surface area contributed by atoms with E-state index in [-0.39, 0.29) is 24.3 Å². The number of hydrogen-bond acceptors (Lipinski definition) is 4. The van der Waals surface area contributed by atoms with Crippen molar-refractivity contribution in [3.05, 3.63) is 29.8 Å². The first-order valence-electron chi connectivity index (χ1n) is 8.92. The number of ether oxygens (including phenoxy) is 1. The number of rotatable bonds is 5. The van der Waals surface area contributed by atoms with Crippen LogP contribution in [-0.4, -0.2) is 74.7 Å². The maximum Gasteiger partial charge on any atom is 0.281 e. The lowest BCUT2D eigenvalue weighted by atomic mass is 9.94. The van der Waals surface area contributed by atoms with Gasteiger partial charge < -0.3 is 9.64 Å². The second-order valence-electron chi connectivity index (χ2n) is 7.24. The Morgan fingerprint density at radius 1 is 1.19 bits per heavy atom. The largest absolute Gasteiger partial charge is 0.496 e. The minimum absolute atomic E-state index is 0.0355. The number of carbonyl (C=O) groups is 1. The van der Waals surface area contributed by atoms with Crippen molar-refractivity contribution in [2.75, 3.05) is 40.8 Å². The molecule has 2 atom stereocenters. The Labute approximate surface area is 155 Å². The van der Waals surface area contributed by atoms with E-state index in [9.17, 15) is 13.2 Å². The van der Waals surface area contributed by atoms with Crippen molar-refractivity contribution in [3.63, 3.8) is 0 Å². The molecule has 0 aromatic heterocycles. The zero-order valence-corrected chi connectivity index (χ0v) is 16.4. The van der Waals surface area contributed by atoms with Crippen LogP contribution in [0.1, 0.15) is 18.4 Å². The van der Waals surface area contributed by atoms with Crippen molar-refractivity contribution >= 4 is 16.1 Å². The van der Waals surface area contributed by atoms with Gasteiger partial charge in [0.05, 0.1) is 13.5 Å². The molecule has 0 aliphatic carbocycles. The summed E-state index contributed by atoms with van der Waals surface area (Å²) in [5.41, 5.74) is 0.859. The molecule has 8 heteroatoms. The highest BCUT2D eigenvalue weighted by Gasteiger charge is 2.41. The zero-order chi connectivity index (χ0) is 18.9. The van der Waals surface area contributed by atoms with Crippen LogP contribution in [0.2, 0.25) is 0 Å². The van der Waals surface area contributed by atoms with E-state index in [4.69, 9.17) is 4.74 Å². The quantitative estimate of drug-likeness (QED) is 0.762. The summed E-state index contributed by atoms with van der Waals surface area (Å²) < 4.78 is 33.2. The smallest absolute Gasteiger partial charge is 0.281 e. The van der Waals surface area contributed by atoms with E-state index in [0.29, 0.717) is 25.4 Å². The second-order valence-corrected chi connectivity index (χ2v) is 9.38.